The first kappa shape index (κ1) is 13.6. The van der Waals surface area contributed by atoms with Crippen molar-refractivity contribution in [2.45, 2.75) is 32.7 Å². The van der Waals surface area contributed by atoms with Gasteiger partial charge in [0.1, 0.15) is 5.01 Å². The average Bonchev–Trinajstić information content (AvgIpc) is 3.04. The van der Waals surface area contributed by atoms with Crippen LogP contribution in [0.25, 0.3) is 10.1 Å². The minimum atomic E-state index is 0.129. The van der Waals surface area contributed by atoms with E-state index >= 15 is 0 Å². The normalized spacial score (nSPS) is 11.9. The average molecular weight is 302 g/mol. The van der Waals surface area contributed by atoms with Gasteiger partial charge >= 0.3 is 0 Å². The molecule has 20 heavy (non-hydrogen) atoms. The minimum absolute atomic E-state index is 0.129. The van der Waals surface area contributed by atoms with Crippen molar-refractivity contribution in [1.82, 2.24) is 4.98 Å². The number of nitrogens with zero attached hydrogens (tertiary/aromatic N) is 1. The van der Waals surface area contributed by atoms with E-state index in [2.05, 4.69) is 61.1 Å². The van der Waals surface area contributed by atoms with Crippen molar-refractivity contribution in [3.63, 3.8) is 0 Å². The van der Waals surface area contributed by atoms with E-state index in [4.69, 9.17) is 4.98 Å². The molecule has 0 atom stereocenters. The summed E-state index contributed by atoms with van der Waals surface area (Å²) in [5, 5.41) is 10.2. The topological polar surface area (TPSA) is 24.9 Å². The van der Waals surface area contributed by atoms with Crippen LogP contribution >= 0.6 is 22.7 Å². The lowest BCUT2D eigenvalue weighted by Gasteiger charge is -2.14. The summed E-state index contributed by atoms with van der Waals surface area (Å²) in [6, 6.07) is 8.66. The molecule has 1 N–H and O–H groups in total. The second-order valence-corrected chi connectivity index (χ2v) is 7.79. The fraction of sp³-hybridized carbons (Fsp3) is 0.312. The minimum Gasteiger partial charge on any atom is -0.379 e. The van der Waals surface area contributed by atoms with E-state index in [1.165, 1.54) is 15.8 Å². The van der Waals surface area contributed by atoms with Crippen molar-refractivity contribution in [3.8, 4) is 0 Å². The maximum absolute atomic E-state index is 4.71. The van der Waals surface area contributed by atoms with Gasteiger partial charge in [-0.25, -0.2) is 4.98 Å². The summed E-state index contributed by atoms with van der Waals surface area (Å²) in [6.07, 6.45) is 0. The Morgan fingerprint density at radius 3 is 2.75 bits per heavy atom. The Labute approximate surface area is 127 Å². The molecule has 0 fully saturated rings. The first-order chi connectivity index (χ1) is 9.52. The Morgan fingerprint density at radius 2 is 2.00 bits per heavy atom. The van der Waals surface area contributed by atoms with E-state index < -0.39 is 0 Å². The number of thiazole rings is 1. The van der Waals surface area contributed by atoms with Gasteiger partial charge in [-0.3, -0.25) is 0 Å². The van der Waals surface area contributed by atoms with Crippen LogP contribution in [-0.2, 0) is 12.0 Å². The lowest BCUT2D eigenvalue weighted by Crippen LogP contribution is -2.11. The van der Waals surface area contributed by atoms with Gasteiger partial charge in [-0.05, 0) is 35.0 Å². The molecule has 0 radical (unpaired) electrons. The zero-order valence-electron chi connectivity index (χ0n) is 11.9. The van der Waals surface area contributed by atoms with Crippen LogP contribution in [0.5, 0.6) is 0 Å². The Bertz CT molecular complexity index is 719. The van der Waals surface area contributed by atoms with Gasteiger partial charge in [0, 0.05) is 21.2 Å². The number of hydrogen-bond donors (Lipinski definition) is 1. The van der Waals surface area contributed by atoms with Crippen LogP contribution < -0.4 is 5.32 Å². The lowest BCUT2D eigenvalue weighted by atomic mass is 9.93. The Balaban J connectivity index is 1.71. The largest absolute Gasteiger partial charge is 0.379 e. The third kappa shape index (κ3) is 2.86. The second-order valence-electron chi connectivity index (χ2n) is 5.90. The fourth-order valence-electron chi connectivity index (χ4n) is 1.99. The van der Waals surface area contributed by atoms with Crippen LogP contribution in [0.3, 0.4) is 0 Å². The summed E-state index contributed by atoms with van der Waals surface area (Å²) < 4.78 is 1.33. The monoisotopic (exact) mass is 302 g/mol. The van der Waals surface area contributed by atoms with Crippen LogP contribution in [-0.4, -0.2) is 4.98 Å². The molecule has 1 aromatic carbocycles. The van der Waals surface area contributed by atoms with Crippen molar-refractivity contribution in [1.29, 1.82) is 0 Å². The molecule has 0 aliphatic rings. The molecule has 0 aliphatic carbocycles. The van der Waals surface area contributed by atoms with E-state index in [-0.39, 0.29) is 5.41 Å². The zero-order valence-corrected chi connectivity index (χ0v) is 13.6. The molecule has 0 spiro atoms. The summed E-state index contributed by atoms with van der Waals surface area (Å²) in [5.74, 6) is 0. The Morgan fingerprint density at radius 1 is 1.15 bits per heavy atom. The van der Waals surface area contributed by atoms with Crippen LogP contribution in [0, 0.1) is 0 Å². The van der Waals surface area contributed by atoms with E-state index in [1.807, 2.05) is 0 Å². The summed E-state index contributed by atoms with van der Waals surface area (Å²) >= 11 is 3.51. The van der Waals surface area contributed by atoms with Gasteiger partial charge in [0.2, 0.25) is 0 Å². The number of rotatable bonds is 3. The number of hydrogen-bond acceptors (Lipinski definition) is 4. The van der Waals surface area contributed by atoms with Crippen molar-refractivity contribution in [3.05, 3.63) is 45.7 Å². The highest BCUT2D eigenvalue weighted by Gasteiger charge is 2.17. The highest BCUT2D eigenvalue weighted by molar-refractivity contribution is 7.17. The van der Waals surface area contributed by atoms with Gasteiger partial charge in [0.05, 0.1) is 12.2 Å². The van der Waals surface area contributed by atoms with Gasteiger partial charge in [0.25, 0.3) is 0 Å². The van der Waals surface area contributed by atoms with Crippen LogP contribution in [0.15, 0.2) is 35.0 Å². The molecular formula is C16H18N2S2. The van der Waals surface area contributed by atoms with Crippen molar-refractivity contribution < 1.29 is 0 Å². The van der Waals surface area contributed by atoms with E-state index in [0.717, 1.165) is 17.2 Å². The summed E-state index contributed by atoms with van der Waals surface area (Å²) in [6.45, 7) is 7.38. The van der Waals surface area contributed by atoms with Gasteiger partial charge in [-0.2, -0.15) is 0 Å². The zero-order chi connectivity index (χ0) is 14.2. The Kier molecular flexibility index (Phi) is 3.52. The highest BCUT2D eigenvalue weighted by atomic mass is 32.1. The van der Waals surface area contributed by atoms with Crippen LogP contribution in [0.1, 0.15) is 31.5 Å². The molecule has 2 heterocycles. The number of nitrogens with one attached hydrogen (secondary N) is 1. The predicted molar refractivity (Wildman–Crippen MR) is 90.0 cm³/mol. The molecule has 2 nitrogen and oxygen atoms in total. The summed E-state index contributed by atoms with van der Waals surface area (Å²) in [7, 11) is 0. The second kappa shape index (κ2) is 5.19. The summed E-state index contributed by atoms with van der Waals surface area (Å²) in [5.41, 5.74) is 2.46. The van der Waals surface area contributed by atoms with Crippen molar-refractivity contribution >= 4 is 38.4 Å². The lowest BCUT2D eigenvalue weighted by molar-refractivity contribution is 0.571. The predicted octanol–water partition coefficient (Wildman–Crippen LogP) is 5.27. The molecule has 3 aromatic rings. The molecular weight excluding hydrogens is 284 g/mol. The quantitative estimate of drug-likeness (QED) is 0.713. The van der Waals surface area contributed by atoms with Gasteiger partial charge in [-0.15, -0.1) is 22.7 Å². The molecule has 0 bridgehead atoms. The van der Waals surface area contributed by atoms with E-state index in [1.54, 1.807) is 22.7 Å². The molecule has 4 heteroatoms. The first-order valence-electron chi connectivity index (χ1n) is 6.68. The van der Waals surface area contributed by atoms with Crippen LogP contribution in [0.4, 0.5) is 5.69 Å². The third-order valence-electron chi connectivity index (χ3n) is 3.22. The fourth-order valence-corrected chi connectivity index (χ4v) is 3.72. The van der Waals surface area contributed by atoms with E-state index in [0.29, 0.717) is 0 Å². The van der Waals surface area contributed by atoms with Crippen molar-refractivity contribution in [2.24, 2.45) is 0 Å². The maximum Gasteiger partial charge on any atom is 0.112 e. The maximum atomic E-state index is 4.71. The SMILES string of the molecule is CC(C)(C)c1csc(CNc2ccc3sccc3c2)n1. The smallest absolute Gasteiger partial charge is 0.112 e. The van der Waals surface area contributed by atoms with Gasteiger partial charge in [-0.1, -0.05) is 20.8 Å². The molecule has 3 rings (SSSR count). The standard InChI is InChI=1S/C16H18N2S2/c1-16(2,3)14-10-20-15(18-14)9-17-12-4-5-13-11(8-12)6-7-19-13/h4-8,10,17H,9H2,1-3H3. The molecule has 2 aromatic heterocycles. The van der Waals surface area contributed by atoms with Crippen LogP contribution in [0.2, 0.25) is 0 Å². The van der Waals surface area contributed by atoms with Gasteiger partial charge < -0.3 is 5.32 Å². The molecule has 0 amide bonds. The first-order valence-corrected chi connectivity index (χ1v) is 8.44. The molecule has 104 valence electrons. The number of anilines is 1. The van der Waals surface area contributed by atoms with E-state index in [9.17, 15) is 0 Å². The third-order valence-corrected chi connectivity index (χ3v) is 4.96. The highest BCUT2D eigenvalue weighted by Crippen LogP contribution is 2.26. The Hall–Kier alpha value is -1.39. The molecule has 0 saturated carbocycles. The number of aromatic nitrogens is 1. The van der Waals surface area contributed by atoms with Crippen molar-refractivity contribution in [2.75, 3.05) is 5.32 Å². The molecule has 0 saturated heterocycles. The number of benzene rings is 1. The molecule has 0 unspecified atom stereocenters. The number of fused-ring (bicyclic) bond motifs is 1. The number of thiophene rings is 1. The summed E-state index contributed by atoms with van der Waals surface area (Å²) in [4.78, 5) is 4.71. The molecule has 0 aliphatic heterocycles. The van der Waals surface area contributed by atoms with Gasteiger partial charge in [0.15, 0.2) is 0 Å².